The van der Waals surface area contributed by atoms with Gasteiger partial charge < -0.3 is 9.47 Å². The van der Waals surface area contributed by atoms with Crippen LogP contribution in [0.3, 0.4) is 0 Å². The average molecular weight is 317 g/mol. The smallest absolute Gasteiger partial charge is 0.387 e. The van der Waals surface area contributed by atoms with Gasteiger partial charge in [-0.05, 0) is 35.9 Å². The average Bonchev–Trinajstić information content (AvgIpc) is 2.46. The fourth-order valence-corrected chi connectivity index (χ4v) is 2.24. The zero-order chi connectivity index (χ0) is 15.4. The van der Waals surface area contributed by atoms with E-state index >= 15 is 0 Å². The normalized spacial score (nSPS) is 12.3. The van der Waals surface area contributed by atoms with Gasteiger partial charge in [-0.2, -0.15) is 8.78 Å². The second-order valence-electron chi connectivity index (χ2n) is 4.20. The Labute approximate surface area is 125 Å². The summed E-state index contributed by atoms with van der Waals surface area (Å²) < 4.78 is 47.3. The molecule has 0 fully saturated rings. The summed E-state index contributed by atoms with van der Waals surface area (Å²) in [5, 5.41) is -0.753. The van der Waals surface area contributed by atoms with E-state index in [9.17, 15) is 13.2 Å². The lowest BCUT2D eigenvalue weighted by Gasteiger charge is -2.15. The lowest BCUT2D eigenvalue weighted by Crippen LogP contribution is -2.03. The summed E-state index contributed by atoms with van der Waals surface area (Å²) in [5.74, 6) is -0.0588. The molecule has 0 spiro atoms. The summed E-state index contributed by atoms with van der Waals surface area (Å²) in [6.07, 6.45) is 0. The SMILES string of the molecule is COc1ccc(F)cc1C(Cl)c1cccc(OC(F)F)c1. The molecule has 0 saturated heterocycles. The number of hydrogen-bond donors (Lipinski definition) is 0. The van der Waals surface area contributed by atoms with Gasteiger partial charge in [-0.15, -0.1) is 11.6 Å². The maximum Gasteiger partial charge on any atom is 0.387 e. The molecule has 0 saturated carbocycles. The molecule has 0 heterocycles. The van der Waals surface area contributed by atoms with Crippen LogP contribution >= 0.6 is 11.6 Å². The largest absolute Gasteiger partial charge is 0.496 e. The fourth-order valence-electron chi connectivity index (χ4n) is 1.93. The predicted molar refractivity (Wildman–Crippen MR) is 73.7 cm³/mol. The van der Waals surface area contributed by atoms with Crippen molar-refractivity contribution in [3.8, 4) is 11.5 Å². The van der Waals surface area contributed by atoms with Gasteiger partial charge in [-0.1, -0.05) is 12.1 Å². The molecule has 0 N–H and O–H groups in total. The fraction of sp³-hybridized carbons (Fsp3) is 0.200. The summed E-state index contributed by atoms with van der Waals surface area (Å²) in [4.78, 5) is 0. The number of rotatable bonds is 5. The maximum atomic E-state index is 13.4. The Kier molecular flexibility index (Phi) is 4.96. The highest BCUT2D eigenvalue weighted by atomic mass is 35.5. The van der Waals surface area contributed by atoms with Crippen molar-refractivity contribution in [3.05, 3.63) is 59.4 Å². The molecular weight excluding hydrogens is 305 g/mol. The van der Waals surface area contributed by atoms with Gasteiger partial charge in [0.05, 0.1) is 12.5 Å². The van der Waals surface area contributed by atoms with Crippen LogP contribution in [0.15, 0.2) is 42.5 Å². The third-order valence-corrected chi connectivity index (χ3v) is 3.33. The summed E-state index contributed by atoms with van der Waals surface area (Å²) in [6.45, 7) is -2.92. The van der Waals surface area contributed by atoms with Crippen LogP contribution in [0.2, 0.25) is 0 Å². The zero-order valence-corrected chi connectivity index (χ0v) is 11.8. The molecule has 1 atom stereocenters. The van der Waals surface area contributed by atoms with Crippen molar-refractivity contribution in [2.24, 2.45) is 0 Å². The molecule has 0 aliphatic heterocycles. The molecule has 0 aromatic heterocycles. The molecule has 0 bridgehead atoms. The van der Waals surface area contributed by atoms with E-state index < -0.39 is 17.8 Å². The first-order valence-electron chi connectivity index (χ1n) is 6.03. The van der Waals surface area contributed by atoms with Crippen LogP contribution in [0.4, 0.5) is 13.2 Å². The molecule has 0 aliphatic carbocycles. The van der Waals surface area contributed by atoms with Crippen molar-refractivity contribution in [2.75, 3.05) is 7.11 Å². The second-order valence-corrected chi connectivity index (χ2v) is 4.64. The third-order valence-electron chi connectivity index (χ3n) is 2.84. The van der Waals surface area contributed by atoms with Gasteiger partial charge in [0.25, 0.3) is 0 Å². The number of benzene rings is 2. The van der Waals surface area contributed by atoms with Crippen LogP contribution in [0.25, 0.3) is 0 Å². The molecule has 6 heteroatoms. The van der Waals surface area contributed by atoms with Crippen LogP contribution < -0.4 is 9.47 Å². The summed E-state index contributed by atoms with van der Waals surface area (Å²) >= 11 is 6.31. The van der Waals surface area contributed by atoms with E-state index in [1.165, 1.54) is 43.5 Å². The standard InChI is InChI=1S/C15H12ClF3O2/c1-20-13-6-5-10(17)8-12(13)14(16)9-3-2-4-11(7-9)21-15(18)19/h2-8,14-15H,1H3. The Morgan fingerprint density at radius 2 is 1.86 bits per heavy atom. The number of methoxy groups -OCH3 is 1. The third kappa shape index (κ3) is 3.82. The van der Waals surface area contributed by atoms with Crippen LogP contribution in [0.1, 0.15) is 16.5 Å². The van der Waals surface area contributed by atoms with Crippen LogP contribution in [0.5, 0.6) is 11.5 Å². The van der Waals surface area contributed by atoms with Gasteiger partial charge in [0.15, 0.2) is 0 Å². The van der Waals surface area contributed by atoms with Gasteiger partial charge >= 0.3 is 6.61 Å². The van der Waals surface area contributed by atoms with Gasteiger partial charge in [0.2, 0.25) is 0 Å². The van der Waals surface area contributed by atoms with Crippen molar-refractivity contribution >= 4 is 11.6 Å². The van der Waals surface area contributed by atoms with E-state index in [4.69, 9.17) is 16.3 Å². The second kappa shape index (κ2) is 6.72. The molecule has 21 heavy (non-hydrogen) atoms. The maximum absolute atomic E-state index is 13.4. The van der Waals surface area contributed by atoms with Crippen molar-refractivity contribution < 1.29 is 22.6 Å². The van der Waals surface area contributed by atoms with Crippen LogP contribution in [0, 0.1) is 5.82 Å². The van der Waals surface area contributed by atoms with Crippen LogP contribution in [-0.2, 0) is 0 Å². The zero-order valence-electron chi connectivity index (χ0n) is 11.0. The molecule has 2 rings (SSSR count). The van der Waals surface area contributed by atoms with Crippen molar-refractivity contribution in [1.29, 1.82) is 0 Å². The molecule has 0 aliphatic rings. The van der Waals surface area contributed by atoms with Gasteiger partial charge in [0.1, 0.15) is 17.3 Å². The molecule has 1 unspecified atom stereocenters. The monoisotopic (exact) mass is 316 g/mol. The Morgan fingerprint density at radius 1 is 1.10 bits per heavy atom. The highest BCUT2D eigenvalue weighted by Gasteiger charge is 2.17. The van der Waals surface area contributed by atoms with E-state index in [-0.39, 0.29) is 5.75 Å². The van der Waals surface area contributed by atoms with Crippen molar-refractivity contribution in [1.82, 2.24) is 0 Å². The highest BCUT2D eigenvalue weighted by Crippen LogP contribution is 2.36. The van der Waals surface area contributed by atoms with E-state index in [0.29, 0.717) is 16.9 Å². The van der Waals surface area contributed by atoms with Crippen molar-refractivity contribution in [2.45, 2.75) is 12.0 Å². The van der Waals surface area contributed by atoms with Crippen LogP contribution in [-0.4, -0.2) is 13.7 Å². The lowest BCUT2D eigenvalue weighted by atomic mass is 10.0. The molecule has 2 aromatic carbocycles. The van der Waals surface area contributed by atoms with Gasteiger partial charge in [-0.25, -0.2) is 4.39 Å². The molecule has 2 aromatic rings. The number of ether oxygens (including phenoxy) is 2. The molecule has 0 radical (unpaired) electrons. The topological polar surface area (TPSA) is 18.5 Å². The number of halogens is 4. The molecule has 2 nitrogen and oxygen atoms in total. The molecule has 0 amide bonds. The lowest BCUT2D eigenvalue weighted by molar-refractivity contribution is -0.0498. The number of hydrogen-bond acceptors (Lipinski definition) is 2. The van der Waals surface area contributed by atoms with Crippen molar-refractivity contribution in [3.63, 3.8) is 0 Å². The Hall–Kier alpha value is -1.88. The van der Waals surface area contributed by atoms with Gasteiger partial charge in [0, 0.05) is 5.56 Å². The Morgan fingerprint density at radius 3 is 2.52 bits per heavy atom. The van der Waals surface area contributed by atoms with E-state index in [1.54, 1.807) is 6.07 Å². The first-order valence-corrected chi connectivity index (χ1v) is 6.47. The molecular formula is C15H12ClF3O2. The van der Waals surface area contributed by atoms with E-state index in [1.807, 2.05) is 0 Å². The first-order chi connectivity index (χ1) is 10.0. The van der Waals surface area contributed by atoms with E-state index in [0.717, 1.165) is 0 Å². The Balaban J connectivity index is 2.35. The quantitative estimate of drug-likeness (QED) is 0.740. The highest BCUT2D eigenvalue weighted by molar-refractivity contribution is 6.22. The molecule has 112 valence electrons. The summed E-state index contributed by atoms with van der Waals surface area (Å²) in [5.41, 5.74) is 0.909. The Bertz CT molecular complexity index is 620. The van der Waals surface area contributed by atoms with Gasteiger partial charge in [-0.3, -0.25) is 0 Å². The predicted octanol–water partition coefficient (Wildman–Crippen LogP) is 4.76. The minimum atomic E-state index is -2.92. The number of alkyl halides is 3. The summed E-state index contributed by atoms with van der Waals surface area (Å²) in [6, 6.07) is 9.91. The minimum Gasteiger partial charge on any atom is -0.496 e. The van der Waals surface area contributed by atoms with E-state index in [2.05, 4.69) is 4.74 Å². The first kappa shape index (κ1) is 15.5. The summed E-state index contributed by atoms with van der Waals surface area (Å²) in [7, 11) is 1.44. The minimum absolute atomic E-state index is 0.0106.